The summed E-state index contributed by atoms with van der Waals surface area (Å²) < 4.78 is 33.8. The number of ether oxygens (including phenoxy) is 1. The molecule has 150 valence electrons. The van der Waals surface area contributed by atoms with Gasteiger partial charge in [0, 0.05) is 0 Å². The molecule has 0 bridgehead atoms. The molecule has 1 fully saturated rings. The lowest BCUT2D eigenvalue weighted by atomic mass is 10.1. The van der Waals surface area contributed by atoms with E-state index in [0.717, 1.165) is 6.33 Å². The Bertz CT molecular complexity index is 926. The van der Waals surface area contributed by atoms with Gasteiger partial charge in [-0.3, -0.25) is 13.7 Å². The lowest BCUT2D eigenvalue weighted by molar-refractivity contribution is -0.0355. The average Bonchev–Trinajstić information content (AvgIpc) is 3.07. The second-order valence-electron chi connectivity index (χ2n) is 5.88. The standard InChI is InChI=1S/C11H17N5O9P2/c12-9-6-10(14-3-13-9)16(4-15-6)11-7(17)8(25-27(21,22)23)5(24-11)1-2-26(18,19)20/h3-5,7-8,11,17H,1-2H2,(H2,12,13,14)(H2,18,19,20)(H2,21,22,23)/t5-,7?,8?,11-/m1/s1. The van der Waals surface area contributed by atoms with Crippen molar-refractivity contribution in [2.45, 2.75) is 31.0 Å². The van der Waals surface area contributed by atoms with Gasteiger partial charge in [-0.15, -0.1) is 0 Å². The third-order valence-corrected chi connectivity index (χ3v) is 5.29. The van der Waals surface area contributed by atoms with Gasteiger partial charge in [0.1, 0.15) is 24.1 Å². The van der Waals surface area contributed by atoms with E-state index in [0.29, 0.717) is 0 Å². The summed E-state index contributed by atoms with van der Waals surface area (Å²) in [5, 5.41) is 10.5. The maximum atomic E-state index is 11.2. The zero-order chi connectivity index (χ0) is 20.0. The number of nitrogens with two attached hydrogens (primary N) is 1. The number of imidazole rings is 1. The van der Waals surface area contributed by atoms with Gasteiger partial charge in [0.05, 0.1) is 18.6 Å². The molecule has 0 amide bonds. The quantitative estimate of drug-likeness (QED) is 0.297. The van der Waals surface area contributed by atoms with E-state index in [2.05, 4.69) is 19.5 Å². The van der Waals surface area contributed by atoms with E-state index >= 15 is 0 Å². The van der Waals surface area contributed by atoms with Crippen LogP contribution in [0.25, 0.3) is 11.2 Å². The van der Waals surface area contributed by atoms with Gasteiger partial charge in [-0.05, 0) is 6.42 Å². The minimum atomic E-state index is -5.02. The van der Waals surface area contributed by atoms with Crippen LogP contribution in [-0.2, 0) is 18.4 Å². The summed E-state index contributed by atoms with van der Waals surface area (Å²) in [6.07, 6.45) is -4.11. The molecule has 1 saturated heterocycles. The highest BCUT2D eigenvalue weighted by atomic mass is 31.2. The van der Waals surface area contributed by atoms with Crippen molar-refractivity contribution in [1.29, 1.82) is 0 Å². The molecule has 1 aliphatic heterocycles. The van der Waals surface area contributed by atoms with Crippen molar-refractivity contribution in [3.8, 4) is 0 Å². The fourth-order valence-corrected chi connectivity index (χ4v) is 3.99. The number of nitrogens with zero attached hydrogens (tertiary/aromatic N) is 4. The van der Waals surface area contributed by atoms with E-state index in [4.69, 9.17) is 30.0 Å². The molecule has 27 heavy (non-hydrogen) atoms. The van der Waals surface area contributed by atoms with Crippen LogP contribution in [0.1, 0.15) is 12.6 Å². The number of phosphoric ester groups is 1. The van der Waals surface area contributed by atoms with Gasteiger partial charge in [0.25, 0.3) is 0 Å². The van der Waals surface area contributed by atoms with Crippen LogP contribution in [0.5, 0.6) is 0 Å². The third-order valence-electron chi connectivity index (χ3n) is 3.93. The first kappa shape index (κ1) is 20.3. The second-order valence-corrected chi connectivity index (χ2v) is 8.84. The molecule has 0 aromatic carbocycles. The van der Waals surface area contributed by atoms with E-state index in [9.17, 15) is 14.2 Å². The van der Waals surface area contributed by atoms with Gasteiger partial charge < -0.3 is 35.2 Å². The minimum absolute atomic E-state index is 0.0762. The first-order valence-electron chi connectivity index (χ1n) is 7.51. The molecule has 2 unspecified atom stereocenters. The molecule has 0 radical (unpaired) electrons. The summed E-state index contributed by atoms with van der Waals surface area (Å²) in [5.74, 6) is 0.0762. The molecule has 0 aliphatic carbocycles. The van der Waals surface area contributed by atoms with Crippen molar-refractivity contribution in [3.63, 3.8) is 0 Å². The summed E-state index contributed by atoms with van der Waals surface area (Å²) in [5.41, 5.74) is 6.11. The van der Waals surface area contributed by atoms with E-state index < -0.39 is 46.1 Å². The van der Waals surface area contributed by atoms with Crippen LogP contribution in [0.2, 0.25) is 0 Å². The van der Waals surface area contributed by atoms with Gasteiger partial charge in [-0.2, -0.15) is 0 Å². The Morgan fingerprint density at radius 2 is 1.93 bits per heavy atom. The molecule has 4 atom stereocenters. The summed E-state index contributed by atoms with van der Waals surface area (Å²) in [4.78, 5) is 48.0. The van der Waals surface area contributed by atoms with Crippen LogP contribution in [0.3, 0.4) is 0 Å². The molecule has 2 aromatic heterocycles. The maximum Gasteiger partial charge on any atom is 0.470 e. The van der Waals surface area contributed by atoms with Gasteiger partial charge in [-0.1, -0.05) is 0 Å². The largest absolute Gasteiger partial charge is 0.470 e. The zero-order valence-electron chi connectivity index (χ0n) is 13.5. The minimum Gasteiger partial charge on any atom is -0.386 e. The number of anilines is 1. The predicted molar refractivity (Wildman–Crippen MR) is 88.1 cm³/mol. The van der Waals surface area contributed by atoms with Crippen molar-refractivity contribution in [3.05, 3.63) is 12.7 Å². The number of aliphatic hydroxyl groups is 1. The smallest absolute Gasteiger partial charge is 0.386 e. The number of rotatable bonds is 6. The van der Waals surface area contributed by atoms with E-state index in [1.54, 1.807) is 0 Å². The molecule has 14 nitrogen and oxygen atoms in total. The molecule has 16 heteroatoms. The molecular weight excluding hydrogens is 408 g/mol. The molecule has 0 saturated carbocycles. The van der Waals surface area contributed by atoms with Gasteiger partial charge in [0.15, 0.2) is 17.7 Å². The number of aliphatic hydroxyl groups excluding tert-OH is 1. The summed E-state index contributed by atoms with van der Waals surface area (Å²) in [6, 6.07) is 0. The van der Waals surface area contributed by atoms with Crippen molar-refractivity contribution in [1.82, 2.24) is 19.5 Å². The fraction of sp³-hybridized carbons (Fsp3) is 0.545. The van der Waals surface area contributed by atoms with Gasteiger partial charge >= 0.3 is 15.4 Å². The Kier molecular flexibility index (Phi) is 5.38. The van der Waals surface area contributed by atoms with Crippen molar-refractivity contribution < 1.29 is 43.1 Å². The Balaban J connectivity index is 1.93. The highest BCUT2D eigenvalue weighted by molar-refractivity contribution is 7.51. The lowest BCUT2D eigenvalue weighted by Crippen LogP contribution is -2.34. The van der Waals surface area contributed by atoms with Crippen LogP contribution in [0.15, 0.2) is 12.7 Å². The number of phosphoric acid groups is 1. The molecule has 2 aromatic rings. The van der Waals surface area contributed by atoms with E-state index in [1.165, 1.54) is 10.9 Å². The molecule has 7 N–H and O–H groups in total. The molecular formula is C11H17N5O9P2. The second kappa shape index (κ2) is 7.17. The molecule has 0 spiro atoms. The Morgan fingerprint density at radius 1 is 1.22 bits per heavy atom. The van der Waals surface area contributed by atoms with Crippen LogP contribution in [0.4, 0.5) is 5.82 Å². The molecule has 3 rings (SSSR count). The van der Waals surface area contributed by atoms with Crippen LogP contribution >= 0.6 is 15.4 Å². The summed E-state index contributed by atoms with van der Waals surface area (Å²) >= 11 is 0. The normalized spacial score (nSPS) is 26.7. The number of fused-ring (bicyclic) bond motifs is 1. The predicted octanol–water partition coefficient (Wildman–Crippen LogP) is -1.29. The number of hydrogen-bond acceptors (Lipinski definition) is 9. The topological polar surface area (TPSA) is 223 Å². The summed E-state index contributed by atoms with van der Waals surface area (Å²) in [7, 11) is -9.43. The highest BCUT2D eigenvalue weighted by Gasteiger charge is 2.48. The fourth-order valence-electron chi connectivity index (χ4n) is 2.82. The molecule has 1 aliphatic rings. The first-order valence-corrected chi connectivity index (χ1v) is 10.8. The highest BCUT2D eigenvalue weighted by Crippen LogP contribution is 2.46. The van der Waals surface area contributed by atoms with Crippen molar-refractivity contribution >= 4 is 32.4 Å². The Morgan fingerprint density at radius 3 is 2.56 bits per heavy atom. The van der Waals surface area contributed by atoms with Crippen LogP contribution in [0, 0.1) is 0 Å². The number of nitrogen functional groups attached to an aromatic ring is 1. The maximum absolute atomic E-state index is 11.2. The van der Waals surface area contributed by atoms with Crippen LogP contribution < -0.4 is 5.73 Å². The van der Waals surface area contributed by atoms with E-state index in [1.807, 2.05) is 0 Å². The first-order chi connectivity index (χ1) is 12.5. The van der Waals surface area contributed by atoms with Gasteiger partial charge in [-0.25, -0.2) is 19.5 Å². The molecule has 3 heterocycles. The number of hydrogen-bond donors (Lipinski definition) is 6. The van der Waals surface area contributed by atoms with Gasteiger partial charge in [0.2, 0.25) is 0 Å². The third kappa shape index (κ3) is 4.51. The Labute approximate surface area is 151 Å². The Hall–Kier alpha value is -1.47. The van der Waals surface area contributed by atoms with Crippen LogP contribution in [-0.4, -0.2) is 68.7 Å². The number of aromatic nitrogens is 4. The van der Waals surface area contributed by atoms with Crippen molar-refractivity contribution in [2.75, 3.05) is 11.9 Å². The van der Waals surface area contributed by atoms with E-state index in [-0.39, 0.29) is 23.4 Å². The monoisotopic (exact) mass is 425 g/mol. The average molecular weight is 425 g/mol. The van der Waals surface area contributed by atoms with Crippen molar-refractivity contribution in [2.24, 2.45) is 0 Å². The zero-order valence-corrected chi connectivity index (χ0v) is 15.3. The SMILES string of the molecule is Nc1ncnc2c1ncn2[C@@H]1O[C@H](CCP(=O)(O)O)C(OP(=O)(O)O)C1O. The lowest BCUT2D eigenvalue weighted by Gasteiger charge is -2.21. The summed E-state index contributed by atoms with van der Waals surface area (Å²) in [6.45, 7) is 0.